The van der Waals surface area contributed by atoms with Gasteiger partial charge in [0.1, 0.15) is 34.4 Å². The smallest absolute Gasteiger partial charge is 0.255 e. The lowest BCUT2D eigenvalue weighted by Gasteiger charge is -2.50. The fourth-order valence-corrected chi connectivity index (χ4v) is 6.21. The van der Waals surface area contributed by atoms with Gasteiger partial charge in [-0.05, 0) is 65.0 Å². The number of likely N-dealkylation sites (N-methyl/N-ethyl adjacent to an activating group) is 2. The van der Waals surface area contributed by atoms with Crippen LogP contribution in [0, 0.1) is 17.7 Å². The number of hydrogen-bond acceptors (Lipinski definition) is 10. The molecule has 0 aromatic heterocycles. The van der Waals surface area contributed by atoms with Gasteiger partial charge in [-0.3, -0.25) is 24.1 Å². The van der Waals surface area contributed by atoms with Gasteiger partial charge in [-0.15, -0.1) is 0 Å². The highest BCUT2D eigenvalue weighted by molar-refractivity contribution is 6.24. The van der Waals surface area contributed by atoms with Crippen LogP contribution in [0.2, 0.25) is 0 Å². The SMILES string of the molecule is CN(C)CC(=O)CCc1cc(F)c2c(c1O)C(O)=C1C(=O)[C@]3(O)C(O)=C(C(N)=O)C(=O)[C@@H](N(C)C)[C@@H]3C[C@@H]1C2. The van der Waals surface area contributed by atoms with Crippen LogP contribution in [-0.4, -0.2) is 99.9 Å². The Morgan fingerprint density at radius 3 is 2.36 bits per heavy atom. The summed E-state index contributed by atoms with van der Waals surface area (Å²) in [6.07, 6.45) is -0.299. The predicted octanol–water partition coefficient (Wildman–Crippen LogP) is 0.166. The molecular weight excluding hydrogens is 513 g/mol. The Morgan fingerprint density at radius 2 is 1.79 bits per heavy atom. The minimum Gasteiger partial charge on any atom is -0.508 e. The molecule has 1 fully saturated rings. The van der Waals surface area contributed by atoms with Crippen LogP contribution in [0.3, 0.4) is 0 Å². The molecule has 12 heteroatoms. The van der Waals surface area contributed by atoms with Crippen molar-refractivity contribution < 1.29 is 44.0 Å². The van der Waals surface area contributed by atoms with E-state index in [2.05, 4.69) is 0 Å². The number of nitrogens with two attached hydrogens (primary N) is 1. The molecule has 4 rings (SSSR count). The molecule has 1 aromatic rings. The molecule has 0 radical (unpaired) electrons. The predicted molar refractivity (Wildman–Crippen MR) is 136 cm³/mol. The van der Waals surface area contributed by atoms with Gasteiger partial charge >= 0.3 is 0 Å². The molecule has 0 saturated heterocycles. The van der Waals surface area contributed by atoms with Gasteiger partial charge in [0.15, 0.2) is 11.4 Å². The first-order valence-electron chi connectivity index (χ1n) is 12.5. The Hall–Kier alpha value is -3.61. The highest BCUT2D eigenvalue weighted by atomic mass is 19.1. The van der Waals surface area contributed by atoms with Crippen LogP contribution in [0.4, 0.5) is 4.39 Å². The number of rotatable bonds is 7. The van der Waals surface area contributed by atoms with Crippen molar-refractivity contribution in [1.29, 1.82) is 0 Å². The molecule has 3 aliphatic carbocycles. The number of halogens is 1. The molecule has 0 unspecified atom stereocenters. The molecule has 0 bridgehead atoms. The first kappa shape index (κ1) is 28.4. The van der Waals surface area contributed by atoms with Crippen molar-refractivity contribution in [1.82, 2.24) is 9.80 Å². The lowest BCUT2D eigenvalue weighted by atomic mass is 9.57. The van der Waals surface area contributed by atoms with Crippen LogP contribution < -0.4 is 5.73 Å². The second-order valence-corrected chi connectivity index (χ2v) is 11.0. The first-order valence-corrected chi connectivity index (χ1v) is 12.5. The van der Waals surface area contributed by atoms with E-state index in [1.807, 2.05) is 0 Å². The van der Waals surface area contributed by atoms with E-state index in [0.29, 0.717) is 0 Å². The summed E-state index contributed by atoms with van der Waals surface area (Å²) in [6.45, 7) is 0.153. The molecular formula is C27H32FN3O8. The third kappa shape index (κ3) is 4.32. The summed E-state index contributed by atoms with van der Waals surface area (Å²) in [5.41, 5.74) is 0.936. The van der Waals surface area contributed by atoms with E-state index in [9.17, 15) is 39.6 Å². The Kier molecular flexibility index (Phi) is 7.17. The number of carbonyl (C=O) groups is 4. The van der Waals surface area contributed by atoms with Crippen LogP contribution in [-0.2, 0) is 32.0 Å². The Labute approximate surface area is 224 Å². The summed E-state index contributed by atoms with van der Waals surface area (Å²) in [4.78, 5) is 54.2. The van der Waals surface area contributed by atoms with Crippen molar-refractivity contribution >= 4 is 29.0 Å². The van der Waals surface area contributed by atoms with Crippen LogP contribution in [0.1, 0.15) is 29.5 Å². The van der Waals surface area contributed by atoms with Crippen LogP contribution in [0.25, 0.3) is 5.76 Å². The number of aliphatic hydroxyl groups is 3. The number of benzene rings is 1. The number of phenolic OH excluding ortho intramolecular Hbond substituents is 1. The average molecular weight is 546 g/mol. The number of aliphatic hydroxyl groups excluding tert-OH is 2. The molecule has 1 aromatic carbocycles. The molecule has 11 nitrogen and oxygen atoms in total. The van der Waals surface area contributed by atoms with Crippen molar-refractivity contribution in [3.05, 3.63) is 45.5 Å². The molecule has 0 spiro atoms. The van der Waals surface area contributed by atoms with Gasteiger partial charge in [0, 0.05) is 23.5 Å². The fraction of sp³-hybridized carbons (Fsp3) is 0.481. The highest BCUT2D eigenvalue weighted by Crippen LogP contribution is 2.53. The van der Waals surface area contributed by atoms with E-state index in [0.717, 1.165) is 6.07 Å². The maximum Gasteiger partial charge on any atom is 0.255 e. The molecule has 3 aliphatic rings. The Morgan fingerprint density at radius 1 is 1.15 bits per heavy atom. The summed E-state index contributed by atoms with van der Waals surface area (Å²) < 4.78 is 15.3. The van der Waals surface area contributed by atoms with E-state index in [1.165, 1.54) is 19.0 Å². The van der Waals surface area contributed by atoms with Crippen molar-refractivity contribution in [2.75, 3.05) is 34.7 Å². The number of primary amides is 1. The molecule has 39 heavy (non-hydrogen) atoms. The number of fused-ring (bicyclic) bond motifs is 3. The van der Waals surface area contributed by atoms with Gasteiger partial charge in [-0.2, -0.15) is 0 Å². The number of phenols is 1. The van der Waals surface area contributed by atoms with Crippen molar-refractivity contribution in [2.45, 2.75) is 37.3 Å². The van der Waals surface area contributed by atoms with E-state index < -0.39 is 69.6 Å². The van der Waals surface area contributed by atoms with Crippen molar-refractivity contribution in [3.8, 4) is 5.75 Å². The summed E-state index contributed by atoms with van der Waals surface area (Å²) in [5, 5.41) is 44.7. The highest BCUT2D eigenvalue weighted by Gasteiger charge is 2.64. The van der Waals surface area contributed by atoms with Crippen molar-refractivity contribution in [3.63, 3.8) is 0 Å². The van der Waals surface area contributed by atoms with Gasteiger partial charge in [0.25, 0.3) is 5.91 Å². The van der Waals surface area contributed by atoms with Crippen LogP contribution in [0.15, 0.2) is 23.0 Å². The Bertz CT molecular complexity index is 1360. The van der Waals surface area contributed by atoms with E-state index in [1.54, 1.807) is 19.0 Å². The molecule has 0 aliphatic heterocycles. The number of ketones is 3. The normalized spacial score (nSPS) is 26.6. The van der Waals surface area contributed by atoms with Gasteiger partial charge in [0.2, 0.25) is 5.78 Å². The largest absolute Gasteiger partial charge is 0.508 e. The quantitative estimate of drug-likeness (QED) is 0.296. The second kappa shape index (κ2) is 9.85. The lowest BCUT2D eigenvalue weighted by molar-refractivity contribution is -0.153. The number of nitrogens with zero attached hydrogens (tertiary/aromatic N) is 2. The van der Waals surface area contributed by atoms with E-state index in [4.69, 9.17) is 5.73 Å². The maximum absolute atomic E-state index is 15.3. The summed E-state index contributed by atoms with van der Waals surface area (Å²) in [6, 6.07) is -0.126. The van der Waals surface area contributed by atoms with E-state index in [-0.39, 0.29) is 60.3 Å². The van der Waals surface area contributed by atoms with Crippen LogP contribution >= 0.6 is 0 Å². The molecule has 1 saturated carbocycles. The number of carbonyl (C=O) groups excluding carboxylic acids is 4. The molecule has 4 atom stereocenters. The number of Topliss-reactive ketones (excluding diaryl/α,β-unsaturated/α-hetero) is 3. The number of amides is 1. The number of aryl methyl sites for hydroxylation is 1. The number of aromatic hydroxyl groups is 1. The van der Waals surface area contributed by atoms with Gasteiger partial charge < -0.3 is 31.1 Å². The topological polar surface area (TPSA) is 182 Å². The Balaban J connectivity index is 1.84. The summed E-state index contributed by atoms with van der Waals surface area (Å²) >= 11 is 0. The molecule has 6 N–H and O–H groups in total. The zero-order chi connectivity index (χ0) is 29.1. The van der Waals surface area contributed by atoms with Crippen LogP contribution in [0.5, 0.6) is 5.75 Å². The first-order chi connectivity index (χ1) is 18.1. The minimum atomic E-state index is -2.77. The lowest BCUT2D eigenvalue weighted by Crippen LogP contribution is -2.65. The minimum absolute atomic E-state index is 0.00119. The third-order valence-electron chi connectivity index (χ3n) is 7.91. The second-order valence-electron chi connectivity index (χ2n) is 11.0. The molecule has 1 amide bonds. The fourth-order valence-electron chi connectivity index (χ4n) is 6.21. The van der Waals surface area contributed by atoms with Gasteiger partial charge in [-0.1, -0.05) is 0 Å². The zero-order valence-electron chi connectivity index (χ0n) is 22.1. The number of hydrogen-bond donors (Lipinski definition) is 5. The van der Waals surface area contributed by atoms with Gasteiger partial charge in [-0.25, -0.2) is 4.39 Å². The van der Waals surface area contributed by atoms with E-state index >= 15 is 4.39 Å². The van der Waals surface area contributed by atoms with Gasteiger partial charge in [0.05, 0.1) is 18.2 Å². The summed E-state index contributed by atoms with van der Waals surface area (Å²) in [7, 11) is 6.43. The zero-order valence-corrected chi connectivity index (χ0v) is 22.1. The average Bonchev–Trinajstić information content (AvgIpc) is 2.81. The third-order valence-corrected chi connectivity index (χ3v) is 7.91. The maximum atomic E-state index is 15.3. The van der Waals surface area contributed by atoms with Crippen molar-refractivity contribution in [2.24, 2.45) is 17.6 Å². The molecule has 0 heterocycles. The molecule has 210 valence electrons. The standard InChI is InChI=1S/C27H32FN3O8/c1-30(2)10-13(32)6-5-11-9-16(28)14-7-12-8-15-20(31(3)4)23(35)19(26(29)38)25(37)27(15,39)24(36)17(12)22(34)18(14)21(11)33/h9,12,15,20,33-34,37,39H,5-8,10H2,1-4H3,(H2,29,38)/t12-,15-,20-,27-/m0/s1. The summed E-state index contributed by atoms with van der Waals surface area (Å²) in [5.74, 6) is -8.84. The monoisotopic (exact) mass is 545 g/mol.